The van der Waals surface area contributed by atoms with Gasteiger partial charge in [0.1, 0.15) is 11.6 Å². The number of aromatic hydroxyl groups is 1. The molecule has 1 aliphatic carbocycles. The molecule has 30 heavy (non-hydrogen) atoms. The highest BCUT2D eigenvalue weighted by Gasteiger charge is 2.41. The highest BCUT2D eigenvalue weighted by Crippen LogP contribution is 2.49. The number of thiophene rings is 1. The smallest absolute Gasteiger partial charge is 0.270 e. The summed E-state index contributed by atoms with van der Waals surface area (Å²) >= 11 is 1.58. The van der Waals surface area contributed by atoms with Crippen LogP contribution >= 0.6 is 11.3 Å². The molecule has 152 valence electrons. The molecule has 3 aromatic rings. The van der Waals surface area contributed by atoms with Crippen molar-refractivity contribution >= 4 is 28.6 Å². The number of rotatable bonds is 3. The summed E-state index contributed by atoms with van der Waals surface area (Å²) in [5, 5.41) is 32.2. The Kier molecular flexibility index (Phi) is 4.10. The second-order valence-electron chi connectivity index (χ2n) is 7.36. The average molecular weight is 424 g/mol. The maximum Gasteiger partial charge on any atom is 0.270 e. The number of nitrogens with zero attached hydrogens (tertiary/aromatic N) is 1. The Morgan fingerprint density at radius 2 is 2.00 bits per heavy atom. The third-order valence-corrected chi connectivity index (χ3v) is 6.69. The Balaban J connectivity index is 1.70. The minimum absolute atomic E-state index is 0.00956. The van der Waals surface area contributed by atoms with Crippen LogP contribution in [0, 0.1) is 10.1 Å². The molecule has 0 spiro atoms. The lowest BCUT2D eigenvalue weighted by molar-refractivity contribution is -0.384. The van der Waals surface area contributed by atoms with Crippen LogP contribution in [-0.2, 0) is 4.79 Å². The lowest BCUT2D eigenvalue weighted by atomic mass is 9.73. The number of fused-ring (bicyclic) bond motifs is 1. The third-order valence-electron chi connectivity index (χ3n) is 5.65. The first-order valence-electron chi connectivity index (χ1n) is 9.28. The summed E-state index contributed by atoms with van der Waals surface area (Å²) < 4.78 is 0. The van der Waals surface area contributed by atoms with Gasteiger partial charge < -0.3 is 10.4 Å². The van der Waals surface area contributed by atoms with Crippen LogP contribution in [0.5, 0.6) is 5.75 Å². The van der Waals surface area contributed by atoms with E-state index in [2.05, 4.69) is 15.5 Å². The van der Waals surface area contributed by atoms with E-state index in [0.717, 1.165) is 4.88 Å². The summed E-state index contributed by atoms with van der Waals surface area (Å²) in [4.78, 5) is 37.6. The summed E-state index contributed by atoms with van der Waals surface area (Å²) in [5.74, 6) is -0.851. The Labute approximate surface area is 173 Å². The van der Waals surface area contributed by atoms with Crippen molar-refractivity contribution in [1.29, 1.82) is 0 Å². The van der Waals surface area contributed by atoms with Crippen LogP contribution in [0.1, 0.15) is 40.7 Å². The van der Waals surface area contributed by atoms with Gasteiger partial charge in [0.15, 0.2) is 5.78 Å². The number of nitrogens with one attached hydrogen (secondary N) is 3. The largest absolute Gasteiger partial charge is 0.508 e. The molecule has 1 aliphatic heterocycles. The van der Waals surface area contributed by atoms with Crippen molar-refractivity contribution in [2.45, 2.75) is 24.7 Å². The molecule has 0 fully saturated rings. The van der Waals surface area contributed by atoms with Crippen molar-refractivity contribution in [2.24, 2.45) is 0 Å². The highest BCUT2D eigenvalue weighted by atomic mass is 32.1. The predicted octanol–water partition coefficient (Wildman–Crippen LogP) is 3.34. The number of hydrogen-bond donors (Lipinski definition) is 4. The van der Waals surface area contributed by atoms with E-state index in [0.29, 0.717) is 23.5 Å². The lowest BCUT2D eigenvalue weighted by Gasteiger charge is -2.34. The second-order valence-corrected chi connectivity index (χ2v) is 8.34. The van der Waals surface area contributed by atoms with E-state index >= 15 is 0 Å². The molecule has 4 N–H and O–H groups in total. The number of Topliss-reactive ketones (excluding diaryl/α,β-unsaturated/α-hetero) is 1. The van der Waals surface area contributed by atoms with Gasteiger partial charge >= 0.3 is 0 Å². The third kappa shape index (κ3) is 2.76. The van der Waals surface area contributed by atoms with Crippen molar-refractivity contribution in [3.63, 3.8) is 0 Å². The number of ketones is 1. The van der Waals surface area contributed by atoms with Crippen molar-refractivity contribution in [2.75, 3.05) is 5.32 Å². The molecule has 2 atom stereocenters. The molecule has 2 aromatic heterocycles. The van der Waals surface area contributed by atoms with Crippen molar-refractivity contribution in [1.82, 2.24) is 10.2 Å². The highest BCUT2D eigenvalue weighted by molar-refractivity contribution is 7.10. The number of anilines is 1. The first-order valence-corrected chi connectivity index (χ1v) is 10.2. The molecule has 0 unspecified atom stereocenters. The number of carbonyl (C=O) groups is 1. The minimum atomic E-state index is -0.900. The van der Waals surface area contributed by atoms with Crippen LogP contribution in [0.15, 0.2) is 51.8 Å². The zero-order valence-corrected chi connectivity index (χ0v) is 16.3. The molecule has 3 heterocycles. The van der Waals surface area contributed by atoms with Gasteiger partial charge in [0.25, 0.3) is 11.2 Å². The number of benzene rings is 1. The fourth-order valence-corrected chi connectivity index (χ4v) is 5.17. The number of phenols is 1. The van der Waals surface area contributed by atoms with E-state index in [9.17, 15) is 24.8 Å². The first-order chi connectivity index (χ1) is 14.4. The molecule has 0 radical (unpaired) electrons. The van der Waals surface area contributed by atoms with Crippen LogP contribution in [-0.4, -0.2) is 26.0 Å². The molecular weight excluding hydrogens is 408 g/mol. The van der Waals surface area contributed by atoms with Gasteiger partial charge in [-0.25, -0.2) is 0 Å². The Morgan fingerprint density at radius 3 is 2.73 bits per heavy atom. The molecule has 9 nitrogen and oxygen atoms in total. The molecule has 5 rings (SSSR count). The van der Waals surface area contributed by atoms with E-state index in [-0.39, 0.29) is 40.7 Å². The fourth-order valence-electron chi connectivity index (χ4n) is 4.34. The van der Waals surface area contributed by atoms with Crippen LogP contribution in [0.4, 0.5) is 11.5 Å². The van der Waals surface area contributed by atoms with Gasteiger partial charge in [-0.15, -0.1) is 11.3 Å². The van der Waals surface area contributed by atoms with Gasteiger partial charge in [-0.05, 0) is 23.9 Å². The molecule has 0 saturated carbocycles. The van der Waals surface area contributed by atoms with E-state index < -0.39 is 16.4 Å². The molecule has 0 saturated heterocycles. The van der Waals surface area contributed by atoms with E-state index in [1.165, 1.54) is 18.2 Å². The molecule has 0 amide bonds. The van der Waals surface area contributed by atoms with Crippen LogP contribution in [0.2, 0.25) is 0 Å². The maximum absolute atomic E-state index is 13.3. The van der Waals surface area contributed by atoms with Crippen LogP contribution in [0.3, 0.4) is 0 Å². The standard InChI is InChI=1S/C20H16N4O5S/c25-13-4-3-10(24(28)29)8-11(13)16-17-12(21-19-18(16)20(27)23-22-19)6-9(7-14(17)26)15-2-1-5-30-15/h1-5,8-9,16,25H,6-7H2,(H3,21,22,23,27)/t9-,16-/m0/s1. The summed E-state index contributed by atoms with van der Waals surface area (Å²) in [6.45, 7) is 0. The number of phenolic OH excluding ortho intramolecular Hbond substituents is 1. The van der Waals surface area contributed by atoms with Crippen molar-refractivity contribution < 1.29 is 14.8 Å². The zero-order valence-electron chi connectivity index (χ0n) is 15.5. The number of aromatic nitrogens is 2. The number of nitro benzene ring substituents is 1. The summed E-state index contributed by atoms with van der Waals surface area (Å²) in [6.07, 6.45) is 0.825. The zero-order chi connectivity index (χ0) is 21.0. The van der Waals surface area contributed by atoms with Gasteiger partial charge in [-0.2, -0.15) is 0 Å². The van der Waals surface area contributed by atoms with E-state index in [1.807, 2.05) is 17.5 Å². The quantitative estimate of drug-likeness (QED) is 0.375. The topological polar surface area (TPSA) is 141 Å². The number of nitro groups is 1. The number of non-ortho nitro benzene ring substituents is 1. The monoisotopic (exact) mass is 424 g/mol. The fraction of sp³-hybridized carbons (Fsp3) is 0.200. The number of H-pyrrole nitrogens is 2. The maximum atomic E-state index is 13.3. The number of hydrogen-bond acceptors (Lipinski definition) is 7. The van der Waals surface area contributed by atoms with Gasteiger partial charge in [-0.3, -0.25) is 29.9 Å². The second kappa shape index (κ2) is 6.70. The van der Waals surface area contributed by atoms with Crippen molar-refractivity contribution in [3.8, 4) is 5.75 Å². The molecular formula is C20H16N4O5S. The lowest BCUT2D eigenvalue weighted by Crippen LogP contribution is -2.31. The van der Waals surface area contributed by atoms with Crippen LogP contribution < -0.4 is 10.9 Å². The van der Waals surface area contributed by atoms with E-state index in [4.69, 9.17) is 0 Å². The average Bonchev–Trinajstić information content (AvgIpc) is 3.37. The normalized spacial score (nSPS) is 20.5. The van der Waals surface area contributed by atoms with Gasteiger partial charge in [0.05, 0.1) is 16.4 Å². The molecule has 2 aliphatic rings. The van der Waals surface area contributed by atoms with Crippen molar-refractivity contribution in [3.05, 3.63) is 83.5 Å². The summed E-state index contributed by atoms with van der Waals surface area (Å²) in [6, 6.07) is 7.56. The number of aromatic amines is 2. The Hall–Kier alpha value is -3.66. The first kappa shape index (κ1) is 18.4. The van der Waals surface area contributed by atoms with Gasteiger partial charge in [0.2, 0.25) is 0 Å². The van der Waals surface area contributed by atoms with Gasteiger partial charge in [-0.1, -0.05) is 6.07 Å². The number of carbonyl (C=O) groups excluding carboxylic acids is 1. The Morgan fingerprint density at radius 1 is 1.17 bits per heavy atom. The summed E-state index contributed by atoms with van der Waals surface area (Å²) in [5.41, 5.74) is 0.740. The van der Waals surface area contributed by atoms with Gasteiger partial charge in [0, 0.05) is 46.2 Å². The Bertz CT molecular complexity index is 1270. The summed E-state index contributed by atoms with van der Waals surface area (Å²) in [7, 11) is 0. The van der Waals surface area contributed by atoms with Crippen LogP contribution in [0.25, 0.3) is 0 Å². The molecule has 10 heteroatoms. The minimum Gasteiger partial charge on any atom is -0.508 e. The molecule has 0 bridgehead atoms. The SMILES string of the molecule is O=C1C[C@@H](c2cccs2)CC2=C1[C@H](c1cc([N+](=O)[O-])ccc1O)c1c([nH][nH]c1=O)N2. The number of allylic oxidation sites excluding steroid dienone is 2. The van der Waals surface area contributed by atoms with E-state index in [1.54, 1.807) is 11.3 Å². The molecule has 1 aromatic carbocycles. The predicted molar refractivity (Wildman–Crippen MR) is 110 cm³/mol.